The Balaban J connectivity index is 2.08. The maximum Gasteiger partial charge on any atom is 0.151 e. The van der Waals surface area contributed by atoms with Crippen LogP contribution in [-0.2, 0) is 21.1 Å². The van der Waals surface area contributed by atoms with Crippen molar-refractivity contribution in [2.45, 2.75) is 26.7 Å². The molecule has 1 aromatic rings. The lowest BCUT2D eigenvalue weighted by Crippen LogP contribution is -2.18. The van der Waals surface area contributed by atoms with Crippen LogP contribution in [-0.4, -0.2) is 25.7 Å². The molecule has 1 saturated heterocycles. The Kier molecular flexibility index (Phi) is 3.57. The van der Waals surface area contributed by atoms with E-state index in [-0.39, 0.29) is 23.2 Å². The fourth-order valence-electron chi connectivity index (χ4n) is 2.57. The fraction of sp³-hybridized carbons (Fsp3) is 0.500. The molecule has 1 atom stereocenters. The lowest BCUT2D eigenvalue weighted by atomic mass is 9.96. The first kappa shape index (κ1) is 13.3. The predicted octanol–water partition coefficient (Wildman–Crippen LogP) is 1.85. The Morgan fingerprint density at radius 2 is 1.83 bits per heavy atom. The van der Waals surface area contributed by atoms with Gasteiger partial charge in [-0.25, -0.2) is 8.42 Å². The molecule has 98 valence electrons. The summed E-state index contributed by atoms with van der Waals surface area (Å²) in [5.41, 5.74) is 3.26. The molecule has 1 aliphatic rings. The minimum absolute atomic E-state index is 0.0383. The third-order valence-corrected chi connectivity index (χ3v) is 5.12. The van der Waals surface area contributed by atoms with Crippen LogP contribution in [0.2, 0.25) is 0 Å². The number of aryl methyl sites for hydroxylation is 2. The summed E-state index contributed by atoms with van der Waals surface area (Å²) in [5, 5.41) is 0. The second-order valence-electron chi connectivity index (χ2n) is 5.24. The highest BCUT2D eigenvalue weighted by Crippen LogP contribution is 2.21. The molecule has 0 amide bonds. The minimum Gasteiger partial charge on any atom is -0.299 e. The second-order valence-corrected chi connectivity index (χ2v) is 7.47. The maximum absolute atomic E-state index is 12.1. The van der Waals surface area contributed by atoms with E-state index in [0.29, 0.717) is 12.8 Å². The fourth-order valence-corrected chi connectivity index (χ4v) is 4.34. The molecule has 0 N–H and O–H groups in total. The van der Waals surface area contributed by atoms with E-state index in [2.05, 4.69) is 6.07 Å². The summed E-state index contributed by atoms with van der Waals surface area (Å²) in [7, 11) is -2.97. The van der Waals surface area contributed by atoms with Gasteiger partial charge in [0.15, 0.2) is 9.84 Å². The lowest BCUT2D eigenvalue weighted by Gasteiger charge is -2.08. The largest absolute Gasteiger partial charge is 0.299 e. The Labute approximate surface area is 108 Å². The van der Waals surface area contributed by atoms with E-state index in [0.717, 1.165) is 16.7 Å². The highest BCUT2D eigenvalue weighted by atomic mass is 32.2. The molecule has 0 aromatic heterocycles. The zero-order chi connectivity index (χ0) is 13.3. The van der Waals surface area contributed by atoms with Crippen LogP contribution >= 0.6 is 0 Å². The van der Waals surface area contributed by atoms with E-state index in [1.807, 2.05) is 26.0 Å². The van der Waals surface area contributed by atoms with Crippen LogP contribution in [0.4, 0.5) is 0 Å². The molecule has 0 aliphatic carbocycles. The first-order chi connectivity index (χ1) is 8.35. The lowest BCUT2D eigenvalue weighted by molar-refractivity contribution is -0.121. The van der Waals surface area contributed by atoms with Crippen molar-refractivity contribution in [2.75, 3.05) is 11.5 Å². The predicted molar refractivity (Wildman–Crippen MR) is 71.4 cm³/mol. The van der Waals surface area contributed by atoms with E-state index >= 15 is 0 Å². The summed E-state index contributed by atoms with van der Waals surface area (Å²) in [4.78, 5) is 12.1. The standard InChI is InChI=1S/C14H18O3S/c1-10-5-11(2)7-12(6-10)8-14(15)13-3-4-18(16,17)9-13/h5-7,13H,3-4,8-9H2,1-2H3. The number of carbonyl (C=O) groups is 1. The number of benzene rings is 1. The molecule has 18 heavy (non-hydrogen) atoms. The van der Waals surface area contributed by atoms with Gasteiger partial charge in [0, 0.05) is 12.3 Å². The zero-order valence-electron chi connectivity index (χ0n) is 10.8. The normalized spacial score (nSPS) is 22.0. The number of ketones is 1. The number of Topliss-reactive ketones (excluding diaryl/α,β-unsaturated/α-hetero) is 1. The molecule has 0 radical (unpaired) electrons. The zero-order valence-corrected chi connectivity index (χ0v) is 11.6. The summed E-state index contributed by atoms with van der Waals surface area (Å²) in [6, 6.07) is 6.05. The van der Waals surface area contributed by atoms with Crippen molar-refractivity contribution in [2.24, 2.45) is 5.92 Å². The van der Waals surface area contributed by atoms with Crippen molar-refractivity contribution >= 4 is 15.6 Å². The number of hydrogen-bond acceptors (Lipinski definition) is 3. The van der Waals surface area contributed by atoms with Gasteiger partial charge in [-0.15, -0.1) is 0 Å². The van der Waals surface area contributed by atoms with Crippen molar-refractivity contribution in [3.63, 3.8) is 0 Å². The Hall–Kier alpha value is -1.16. The monoisotopic (exact) mass is 266 g/mol. The Morgan fingerprint density at radius 1 is 1.22 bits per heavy atom. The molecule has 3 nitrogen and oxygen atoms in total. The van der Waals surface area contributed by atoms with Gasteiger partial charge in [-0.2, -0.15) is 0 Å². The molecule has 1 fully saturated rings. The van der Waals surface area contributed by atoms with Gasteiger partial charge in [-0.1, -0.05) is 29.3 Å². The van der Waals surface area contributed by atoms with Crippen molar-refractivity contribution in [3.8, 4) is 0 Å². The molecule has 1 heterocycles. The quantitative estimate of drug-likeness (QED) is 0.839. The molecule has 0 spiro atoms. The molecular weight excluding hydrogens is 248 g/mol. The summed E-state index contributed by atoms with van der Waals surface area (Å²) >= 11 is 0. The van der Waals surface area contributed by atoms with E-state index in [1.165, 1.54) is 0 Å². The van der Waals surface area contributed by atoms with Crippen LogP contribution in [0.3, 0.4) is 0 Å². The average molecular weight is 266 g/mol. The number of hydrogen-bond donors (Lipinski definition) is 0. The SMILES string of the molecule is Cc1cc(C)cc(CC(=O)C2CCS(=O)(=O)C2)c1. The summed E-state index contributed by atoms with van der Waals surface area (Å²) in [6.07, 6.45) is 0.842. The van der Waals surface area contributed by atoms with Crippen molar-refractivity contribution < 1.29 is 13.2 Å². The van der Waals surface area contributed by atoms with E-state index in [1.54, 1.807) is 0 Å². The van der Waals surface area contributed by atoms with Crippen LogP contribution in [0.15, 0.2) is 18.2 Å². The minimum atomic E-state index is -2.97. The molecule has 1 unspecified atom stereocenters. The smallest absolute Gasteiger partial charge is 0.151 e. The van der Waals surface area contributed by atoms with E-state index in [4.69, 9.17) is 0 Å². The third kappa shape index (κ3) is 3.19. The van der Waals surface area contributed by atoms with Gasteiger partial charge in [0.2, 0.25) is 0 Å². The number of rotatable bonds is 3. The summed E-state index contributed by atoms with van der Waals surface area (Å²) in [6.45, 7) is 4.00. The summed E-state index contributed by atoms with van der Waals surface area (Å²) < 4.78 is 22.7. The maximum atomic E-state index is 12.1. The first-order valence-electron chi connectivity index (χ1n) is 6.16. The van der Waals surface area contributed by atoms with Crippen LogP contribution in [0.1, 0.15) is 23.1 Å². The van der Waals surface area contributed by atoms with Gasteiger partial charge in [0.1, 0.15) is 5.78 Å². The summed E-state index contributed by atoms with van der Waals surface area (Å²) in [5.74, 6) is -0.0377. The van der Waals surface area contributed by atoms with Crippen molar-refractivity contribution in [3.05, 3.63) is 34.9 Å². The molecule has 1 aromatic carbocycles. The highest BCUT2D eigenvalue weighted by Gasteiger charge is 2.32. The average Bonchev–Trinajstić information content (AvgIpc) is 2.57. The molecule has 0 bridgehead atoms. The molecule has 1 aliphatic heterocycles. The van der Waals surface area contributed by atoms with Crippen molar-refractivity contribution in [1.29, 1.82) is 0 Å². The van der Waals surface area contributed by atoms with Crippen LogP contribution < -0.4 is 0 Å². The van der Waals surface area contributed by atoms with Crippen molar-refractivity contribution in [1.82, 2.24) is 0 Å². The van der Waals surface area contributed by atoms with Crippen LogP contribution in [0, 0.1) is 19.8 Å². The number of carbonyl (C=O) groups excluding carboxylic acids is 1. The molecule has 4 heteroatoms. The van der Waals surface area contributed by atoms with Gasteiger partial charge in [-0.3, -0.25) is 4.79 Å². The highest BCUT2D eigenvalue weighted by molar-refractivity contribution is 7.91. The second kappa shape index (κ2) is 4.84. The van der Waals surface area contributed by atoms with Gasteiger partial charge < -0.3 is 0 Å². The first-order valence-corrected chi connectivity index (χ1v) is 7.98. The topological polar surface area (TPSA) is 51.2 Å². The number of sulfone groups is 1. The Bertz CT molecular complexity index is 552. The molecule has 0 saturated carbocycles. The van der Waals surface area contributed by atoms with Crippen LogP contribution in [0.5, 0.6) is 0 Å². The van der Waals surface area contributed by atoms with E-state index < -0.39 is 9.84 Å². The Morgan fingerprint density at radius 3 is 2.33 bits per heavy atom. The van der Waals surface area contributed by atoms with Gasteiger partial charge in [0.25, 0.3) is 0 Å². The van der Waals surface area contributed by atoms with Gasteiger partial charge in [-0.05, 0) is 25.8 Å². The van der Waals surface area contributed by atoms with Crippen LogP contribution in [0.25, 0.3) is 0 Å². The van der Waals surface area contributed by atoms with E-state index in [9.17, 15) is 13.2 Å². The van der Waals surface area contributed by atoms with Gasteiger partial charge >= 0.3 is 0 Å². The van der Waals surface area contributed by atoms with Gasteiger partial charge in [0.05, 0.1) is 11.5 Å². The molecular formula is C14H18O3S. The molecule has 2 rings (SSSR count). The third-order valence-electron chi connectivity index (χ3n) is 3.35.